The van der Waals surface area contributed by atoms with Gasteiger partial charge in [-0.3, -0.25) is 10.1 Å². The maximum atomic E-state index is 11.1. The van der Waals surface area contributed by atoms with Gasteiger partial charge < -0.3 is 9.84 Å². The van der Waals surface area contributed by atoms with Crippen LogP contribution in [0.5, 0.6) is 11.5 Å². The van der Waals surface area contributed by atoms with E-state index in [9.17, 15) is 15.2 Å². The third-order valence-electron chi connectivity index (χ3n) is 2.85. The van der Waals surface area contributed by atoms with E-state index in [1.165, 1.54) is 25.1 Å². The molecule has 0 unspecified atom stereocenters. The van der Waals surface area contributed by atoms with Crippen molar-refractivity contribution >= 4 is 5.69 Å². The van der Waals surface area contributed by atoms with Crippen molar-refractivity contribution < 1.29 is 14.8 Å². The molecule has 0 saturated carbocycles. The first kappa shape index (κ1) is 14.5. The molecule has 0 aliphatic heterocycles. The Labute approximate surface area is 121 Å². The zero-order valence-corrected chi connectivity index (χ0v) is 11.2. The number of nitro groups is 1. The molecule has 2 aromatic carbocycles. The molecule has 0 heterocycles. The third kappa shape index (κ3) is 3.35. The summed E-state index contributed by atoms with van der Waals surface area (Å²) < 4.78 is 5.47. The number of nitro benzene ring substituents is 1. The van der Waals surface area contributed by atoms with Crippen LogP contribution in [-0.2, 0) is 0 Å². The van der Waals surface area contributed by atoms with E-state index in [2.05, 4.69) is 0 Å². The molecule has 0 aromatic heterocycles. The zero-order chi connectivity index (χ0) is 15.4. The van der Waals surface area contributed by atoms with E-state index in [0.717, 1.165) is 0 Å². The lowest BCUT2D eigenvalue weighted by Crippen LogP contribution is -1.97. The summed E-state index contributed by atoms with van der Waals surface area (Å²) in [6.45, 7) is 1.52. The fraction of sp³-hybridized carbons (Fsp3) is 0.133. The highest BCUT2D eigenvalue weighted by molar-refractivity contribution is 5.51. The lowest BCUT2D eigenvalue weighted by Gasteiger charge is -2.09. The van der Waals surface area contributed by atoms with Gasteiger partial charge in [0.05, 0.1) is 22.7 Å². The van der Waals surface area contributed by atoms with Crippen molar-refractivity contribution in [2.24, 2.45) is 0 Å². The molecular formula is C15H12N2O4. The van der Waals surface area contributed by atoms with Crippen molar-refractivity contribution in [1.29, 1.82) is 5.26 Å². The minimum atomic E-state index is -0.806. The van der Waals surface area contributed by atoms with Crippen LogP contribution in [0, 0.1) is 21.4 Å². The molecule has 106 valence electrons. The maximum absolute atomic E-state index is 11.1. The smallest absolute Gasteiger partial charge is 0.311 e. The van der Waals surface area contributed by atoms with Gasteiger partial charge in [-0.1, -0.05) is 12.1 Å². The van der Waals surface area contributed by atoms with Gasteiger partial charge in [-0.15, -0.1) is 0 Å². The summed E-state index contributed by atoms with van der Waals surface area (Å²) >= 11 is 0. The van der Waals surface area contributed by atoms with E-state index in [4.69, 9.17) is 10.00 Å². The van der Waals surface area contributed by atoms with Crippen LogP contribution < -0.4 is 4.74 Å². The second-order valence-corrected chi connectivity index (χ2v) is 4.40. The Morgan fingerprint density at radius 3 is 2.71 bits per heavy atom. The Hall–Kier alpha value is -2.91. The van der Waals surface area contributed by atoms with E-state index in [1.54, 1.807) is 24.3 Å². The number of hydrogen-bond donors (Lipinski definition) is 1. The summed E-state index contributed by atoms with van der Waals surface area (Å²) in [5.74, 6) is 0.390. The lowest BCUT2D eigenvalue weighted by molar-refractivity contribution is -0.385. The van der Waals surface area contributed by atoms with Crippen LogP contribution in [0.2, 0.25) is 0 Å². The molecule has 2 rings (SSSR count). The maximum Gasteiger partial charge on any atom is 0.311 e. The van der Waals surface area contributed by atoms with Gasteiger partial charge >= 0.3 is 5.69 Å². The molecule has 0 amide bonds. The lowest BCUT2D eigenvalue weighted by atomic mass is 10.1. The van der Waals surface area contributed by atoms with Crippen LogP contribution in [0.1, 0.15) is 24.2 Å². The molecule has 1 N–H and O–H groups in total. The molecule has 0 spiro atoms. The van der Waals surface area contributed by atoms with Gasteiger partial charge in [0.15, 0.2) is 0 Å². The monoisotopic (exact) mass is 284 g/mol. The molecular weight excluding hydrogens is 272 g/mol. The van der Waals surface area contributed by atoms with Gasteiger partial charge in [-0.2, -0.15) is 5.26 Å². The van der Waals surface area contributed by atoms with Gasteiger partial charge in [0.2, 0.25) is 5.75 Å². The van der Waals surface area contributed by atoms with E-state index < -0.39 is 11.0 Å². The van der Waals surface area contributed by atoms with Gasteiger partial charge in [-0.05, 0) is 36.8 Å². The van der Waals surface area contributed by atoms with Crippen molar-refractivity contribution in [2.45, 2.75) is 13.0 Å². The van der Waals surface area contributed by atoms with E-state index >= 15 is 0 Å². The summed E-state index contributed by atoms with van der Waals surface area (Å²) in [4.78, 5) is 10.5. The summed E-state index contributed by atoms with van der Waals surface area (Å²) in [7, 11) is 0. The van der Waals surface area contributed by atoms with Crippen LogP contribution >= 0.6 is 0 Å². The Morgan fingerprint density at radius 2 is 2.10 bits per heavy atom. The first-order chi connectivity index (χ1) is 10.0. The summed E-state index contributed by atoms with van der Waals surface area (Å²) in [6.07, 6.45) is -0.806. The highest BCUT2D eigenvalue weighted by Crippen LogP contribution is 2.33. The number of benzene rings is 2. The summed E-state index contributed by atoms with van der Waals surface area (Å²) in [5.41, 5.74) is 0.589. The molecule has 0 radical (unpaired) electrons. The molecule has 0 aliphatic rings. The molecule has 6 heteroatoms. The standard InChI is InChI=1S/C15H12N2O4/c1-10(18)12-5-6-15(14(8-12)17(19)20)21-13-4-2-3-11(7-13)9-16/h2-8,10,18H,1H3/t10-/m1/s1. The average molecular weight is 284 g/mol. The first-order valence-corrected chi connectivity index (χ1v) is 6.15. The number of aliphatic hydroxyl groups excluding tert-OH is 1. The van der Waals surface area contributed by atoms with Crippen molar-refractivity contribution in [3.8, 4) is 17.6 Å². The first-order valence-electron chi connectivity index (χ1n) is 6.15. The molecule has 2 aromatic rings. The Balaban J connectivity index is 2.39. The number of nitrogens with zero attached hydrogens (tertiary/aromatic N) is 2. The molecule has 0 bridgehead atoms. The number of hydrogen-bond acceptors (Lipinski definition) is 5. The van der Waals surface area contributed by atoms with Crippen molar-refractivity contribution in [1.82, 2.24) is 0 Å². The topological polar surface area (TPSA) is 96.4 Å². The number of ether oxygens (including phenoxy) is 1. The largest absolute Gasteiger partial charge is 0.450 e. The number of aliphatic hydroxyl groups is 1. The van der Waals surface area contributed by atoms with Crippen LogP contribution in [-0.4, -0.2) is 10.0 Å². The van der Waals surface area contributed by atoms with Gasteiger partial charge in [0.1, 0.15) is 5.75 Å². The average Bonchev–Trinajstić information content (AvgIpc) is 2.47. The zero-order valence-electron chi connectivity index (χ0n) is 11.2. The van der Waals surface area contributed by atoms with E-state index in [0.29, 0.717) is 16.9 Å². The minimum absolute atomic E-state index is 0.0551. The Kier molecular flexibility index (Phi) is 4.16. The molecule has 0 saturated heterocycles. The molecule has 21 heavy (non-hydrogen) atoms. The SMILES string of the molecule is C[C@@H](O)c1ccc(Oc2cccc(C#N)c2)c([N+](=O)[O-])c1. The Bertz CT molecular complexity index is 720. The van der Waals surface area contributed by atoms with Crippen LogP contribution in [0.25, 0.3) is 0 Å². The van der Waals surface area contributed by atoms with Gasteiger partial charge in [0, 0.05) is 6.07 Å². The highest BCUT2D eigenvalue weighted by Gasteiger charge is 2.18. The predicted molar refractivity (Wildman–Crippen MR) is 75.0 cm³/mol. The van der Waals surface area contributed by atoms with Crippen molar-refractivity contribution in [3.63, 3.8) is 0 Å². The highest BCUT2D eigenvalue weighted by atomic mass is 16.6. The fourth-order valence-corrected chi connectivity index (χ4v) is 1.78. The third-order valence-corrected chi connectivity index (χ3v) is 2.85. The van der Waals surface area contributed by atoms with Crippen molar-refractivity contribution in [3.05, 3.63) is 63.7 Å². The second kappa shape index (κ2) is 6.03. The summed E-state index contributed by atoms with van der Waals surface area (Å²) in [5, 5.41) is 29.4. The summed E-state index contributed by atoms with van der Waals surface area (Å²) in [6, 6.07) is 12.6. The minimum Gasteiger partial charge on any atom is -0.450 e. The van der Waals surface area contributed by atoms with Crippen molar-refractivity contribution in [2.75, 3.05) is 0 Å². The molecule has 0 fully saturated rings. The predicted octanol–water partition coefficient (Wildman–Crippen LogP) is 3.31. The quantitative estimate of drug-likeness (QED) is 0.686. The van der Waals surface area contributed by atoms with Gasteiger partial charge in [-0.25, -0.2) is 0 Å². The molecule has 0 aliphatic carbocycles. The second-order valence-electron chi connectivity index (χ2n) is 4.40. The molecule has 1 atom stereocenters. The van der Waals surface area contributed by atoms with Crippen LogP contribution in [0.15, 0.2) is 42.5 Å². The molecule has 6 nitrogen and oxygen atoms in total. The normalized spacial score (nSPS) is 11.5. The fourth-order valence-electron chi connectivity index (χ4n) is 1.78. The van der Waals surface area contributed by atoms with Crippen LogP contribution in [0.3, 0.4) is 0 Å². The Morgan fingerprint density at radius 1 is 1.33 bits per heavy atom. The number of rotatable bonds is 4. The number of nitriles is 1. The van der Waals surface area contributed by atoms with Crippen LogP contribution in [0.4, 0.5) is 5.69 Å². The van der Waals surface area contributed by atoms with E-state index in [-0.39, 0.29) is 11.4 Å². The van der Waals surface area contributed by atoms with Gasteiger partial charge in [0.25, 0.3) is 0 Å². The van der Waals surface area contributed by atoms with E-state index in [1.807, 2.05) is 6.07 Å².